The summed E-state index contributed by atoms with van der Waals surface area (Å²) in [6, 6.07) is 8.93. The third-order valence-electron chi connectivity index (χ3n) is 6.62. The summed E-state index contributed by atoms with van der Waals surface area (Å²) in [4.78, 5) is 15.4. The first-order valence-electron chi connectivity index (χ1n) is 13.2. The van der Waals surface area contributed by atoms with Crippen LogP contribution >= 0.6 is 23.1 Å². The lowest BCUT2D eigenvalue weighted by Gasteiger charge is -2.36. The molecule has 0 aliphatic carbocycles. The number of piperidine rings is 1. The second kappa shape index (κ2) is 12.4. The molecule has 0 radical (unpaired) electrons. The predicted molar refractivity (Wildman–Crippen MR) is 171 cm³/mol. The molecule has 1 aliphatic rings. The van der Waals surface area contributed by atoms with Crippen molar-refractivity contribution in [3.63, 3.8) is 0 Å². The van der Waals surface area contributed by atoms with E-state index in [0.717, 1.165) is 64.0 Å². The van der Waals surface area contributed by atoms with Gasteiger partial charge in [0.25, 0.3) is 0 Å². The second-order valence-corrected chi connectivity index (χ2v) is 13.5. The number of anilines is 4. The normalized spacial score (nSPS) is 15.3. The first kappa shape index (κ1) is 29.0. The molecule has 3 aromatic rings. The zero-order valence-electron chi connectivity index (χ0n) is 23.9. The Kier molecular flexibility index (Phi) is 9.25. The molecule has 1 aliphatic heterocycles. The monoisotopic (exact) mass is 564 g/mol. The summed E-state index contributed by atoms with van der Waals surface area (Å²) >= 11 is 3.34. The summed E-state index contributed by atoms with van der Waals surface area (Å²) in [6.07, 6.45) is 5.99. The van der Waals surface area contributed by atoms with Gasteiger partial charge in [-0.05, 0) is 56.6 Å². The summed E-state index contributed by atoms with van der Waals surface area (Å²) in [7, 11) is 6.03. The van der Waals surface area contributed by atoms with Crippen LogP contribution in [0.2, 0.25) is 0 Å². The number of hydrogen-bond donors (Lipinski definition) is 2. The van der Waals surface area contributed by atoms with E-state index in [1.54, 1.807) is 30.2 Å². The maximum Gasteiger partial charge on any atom is 0.229 e. The Balaban J connectivity index is 1.60. The smallest absolute Gasteiger partial charge is 0.229 e. The van der Waals surface area contributed by atoms with Crippen molar-refractivity contribution in [3.05, 3.63) is 65.6 Å². The minimum Gasteiger partial charge on any atom is -0.494 e. The predicted octanol–water partition coefficient (Wildman–Crippen LogP) is 7.50. The molecule has 0 unspecified atom stereocenters. The number of ether oxygens (including phenoxy) is 1. The van der Waals surface area contributed by atoms with E-state index in [9.17, 15) is 0 Å². The van der Waals surface area contributed by atoms with E-state index < -0.39 is 0 Å². The zero-order chi connectivity index (χ0) is 28.2. The highest BCUT2D eigenvalue weighted by Crippen LogP contribution is 2.37. The molecule has 1 fully saturated rings. The number of benzene rings is 1. The van der Waals surface area contributed by atoms with Crippen LogP contribution in [0.1, 0.15) is 33.6 Å². The molecule has 0 amide bonds. The Hall–Kier alpha value is -3.01. The molecule has 2 N–H and O–H groups in total. The highest BCUT2D eigenvalue weighted by Gasteiger charge is 2.22. The largest absolute Gasteiger partial charge is 0.494 e. The maximum atomic E-state index is 5.78. The molecule has 39 heavy (non-hydrogen) atoms. The van der Waals surface area contributed by atoms with E-state index in [0.29, 0.717) is 12.0 Å². The summed E-state index contributed by atoms with van der Waals surface area (Å²) in [5, 5.41) is 8.92. The number of thiophene rings is 1. The van der Waals surface area contributed by atoms with Gasteiger partial charge in [0, 0.05) is 40.5 Å². The van der Waals surface area contributed by atoms with Crippen LogP contribution < -0.4 is 20.3 Å². The molecule has 0 spiro atoms. The first-order chi connectivity index (χ1) is 18.6. The van der Waals surface area contributed by atoms with Gasteiger partial charge in [-0.1, -0.05) is 40.0 Å². The van der Waals surface area contributed by atoms with Gasteiger partial charge in [0.1, 0.15) is 5.75 Å². The Morgan fingerprint density at radius 3 is 2.51 bits per heavy atom. The van der Waals surface area contributed by atoms with Gasteiger partial charge in [0.2, 0.25) is 5.95 Å². The van der Waals surface area contributed by atoms with Crippen molar-refractivity contribution in [2.75, 3.05) is 49.8 Å². The lowest BCUT2D eigenvalue weighted by Crippen LogP contribution is -2.41. The van der Waals surface area contributed by atoms with Crippen LogP contribution in [0, 0.1) is 0 Å². The number of fused-ring (bicyclic) bond motifs is 1. The number of aromatic nitrogens is 2. The topological polar surface area (TPSA) is 65.6 Å². The zero-order valence-corrected chi connectivity index (χ0v) is 25.5. The average molecular weight is 565 g/mol. The van der Waals surface area contributed by atoms with Crippen LogP contribution in [0.4, 0.5) is 23.1 Å². The second-order valence-electron chi connectivity index (χ2n) is 10.7. The lowest BCUT2D eigenvalue weighted by atomic mass is 10.0. The number of nitrogens with zero attached hydrogens (tertiary/aromatic N) is 4. The molecule has 9 heteroatoms. The van der Waals surface area contributed by atoms with Crippen LogP contribution in [-0.2, 0) is 0 Å². The molecule has 0 bridgehead atoms. The van der Waals surface area contributed by atoms with Crippen LogP contribution in [0.5, 0.6) is 5.75 Å². The van der Waals surface area contributed by atoms with Crippen molar-refractivity contribution in [3.8, 4) is 5.75 Å². The van der Waals surface area contributed by atoms with Crippen LogP contribution in [0.3, 0.4) is 0 Å². The van der Waals surface area contributed by atoms with Crippen LogP contribution in [-0.4, -0.2) is 60.0 Å². The third kappa shape index (κ3) is 7.15. The van der Waals surface area contributed by atoms with E-state index in [4.69, 9.17) is 14.7 Å². The van der Waals surface area contributed by atoms with Crippen molar-refractivity contribution in [2.24, 2.45) is 0 Å². The number of nitrogens with one attached hydrogen (secondary N) is 2. The van der Waals surface area contributed by atoms with Crippen molar-refractivity contribution in [1.29, 1.82) is 0 Å². The molecular formula is C30H40N6OS2. The van der Waals surface area contributed by atoms with Crippen molar-refractivity contribution in [2.45, 2.75) is 44.4 Å². The van der Waals surface area contributed by atoms with Gasteiger partial charge in [-0.2, -0.15) is 4.98 Å². The molecule has 0 atom stereocenters. The van der Waals surface area contributed by atoms with E-state index in [-0.39, 0.29) is 4.75 Å². The van der Waals surface area contributed by atoms with Gasteiger partial charge < -0.3 is 25.2 Å². The van der Waals surface area contributed by atoms with Gasteiger partial charge in [0.15, 0.2) is 5.82 Å². The van der Waals surface area contributed by atoms with Crippen molar-refractivity contribution < 1.29 is 4.74 Å². The number of thioether (sulfide) groups is 1. The van der Waals surface area contributed by atoms with Gasteiger partial charge in [0.05, 0.1) is 28.7 Å². The van der Waals surface area contributed by atoms with Crippen molar-refractivity contribution >= 4 is 56.5 Å². The molecule has 4 rings (SSSR count). The molecule has 1 saturated heterocycles. The summed E-state index contributed by atoms with van der Waals surface area (Å²) in [6.45, 7) is 16.7. The minimum absolute atomic E-state index is 0.0288. The van der Waals surface area contributed by atoms with E-state index in [2.05, 4.69) is 80.6 Å². The number of allylic oxidation sites excluding steroid dienone is 2. The number of methoxy groups -OCH3 is 1. The number of hydrogen-bond acceptors (Lipinski definition) is 9. The molecule has 0 saturated carbocycles. The standard InChI is InChI=1S/C30H40N6OS2/c1-9-22(26(10-2)39-30(3,4)5)31-28-27-24(15-18-38-27)33-29(34-28)32-23-12-11-21(19-25(23)37-8)36-16-13-20(14-17-36)35(6)7/h9-12,15,18-20H,1-2,13-14,16-17H2,3-8H3,(H2,31,32,33,34)/b26-22-. The fourth-order valence-electron chi connectivity index (χ4n) is 4.62. The minimum atomic E-state index is 0.0288. The average Bonchev–Trinajstić information content (AvgIpc) is 3.39. The van der Waals surface area contributed by atoms with Gasteiger partial charge in [-0.15, -0.1) is 23.1 Å². The maximum absolute atomic E-state index is 5.78. The Bertz CT molecular complexity index is 1350. The molecule has 1 aromatic carbocycles. The quantitative estimate of drug-likeness (QED) is 0.245. The van der Waals surface area contributed by atoms with E-state index >= 15 is 0 Å². The van der Waals surface area contributed by atoms with Crippen LogP contribution in [0.25, 0.3) is 10.2 Å². The Morgan fingerprint density at radius 1 is 1.15 bits per heavy atom. The molecule has 7 nitrogen and oxygen atoms in total. The molecular weight excluding hydrogens is 525 g/mol. The Labute approximate surface area is 241 Å². The van der Waals surface area contributed by atoms with E-state index in [1.165, 1.54) is 5.69 Å². The summed E-state index contributed by atoms with van der Waals surface area (Å²) < 4.78 is 6.79. The first-order valence-corrected chi connectivity index (χ1v) is 14.9. The fourth-order valence-corrected chi connectivity index (χ4v) is 6.39. The van der Waals surface area contributed by atoms with Gasteiger partial charge in [-0.3, -0.25) is 0 Å². The summed E-state index contributed by atoms with van der Waals surface area (Å²) in [5.74, 6) is 1.97. The van der Waals surface area contributed by atoms with Crippen molar-refractivity contribution in [1.82, 2.24) is 14.9 Å². The summed E-state index contributed by atoms with van der Waals surface area (Å²) in [5.41, 5.74) is 3.72. The third-order valence-corrected chi connectivity index (χ3v) is 8.75. The molecule has 2 aromatic heterocycles. The van der Waals surface area contributed by atoms with Crippen LogP contribution in [0.15, 0.2) is 65.6 Å². The number of rotatable bonds is 10. The molecule has 3 heterocycles. The SMILES string of the molecule is C=C/C(Nc1nc(Nc2ccc(N3CCC(N(C)C)CC3)cc2OC)nc2ccsc12)=C(\C=C)SC(C)(C)C. The highest BCUT2D eigenvalue weighted by atomic mass is 32.2. The highest BCUT2D eigenvalue weighted by molar-refractivity contribution is 8.04. The van der Waals surface area contributed by atoms with Gasteiger partial charge in [-0.25, -0.2) is 4.98 Å². The van der Waals surface area contributed by atoms with E-state index in [1.807, 2.05) is 29.7 Å². The fraction of sp³-hybridized carbons (Fsp3) is 0.400. The molecule has 208 valence electrons. The van der Waals surface area contributed by atoms with Gasteiger partial charge >= 0.3 is 0 Å². The Morgan fingerprint density at radius 2 is 1.90 bits per heavy atom. The lowest BCUT2D eigenvalue weighted by molar-refractivity contribution is 0.249.